The van der Waals surface area contributed by atoms with Crippen molar-refractivity contribution >= 4 is 0 Å². The number of aromatic nitrogens is 1. The van der Waals surface area contributed by atoms with E-state index in [-0.39, 0.29) is 0 Å². The zero-order chi connectivity index (χ0) is 8.59. The second-order valence-corrected chi connectivity index (χ2v) is 2.40. The van der Waals surface area contributed by atoms with E-state index in [1.165, 1.54) is 0 Å². The quantitative estimate of drug-likeness (QED) is 0.507. The molecule has 1 heterocycles. The van der Waals surface area contributed by atoms with Crippen molar-refractivity contribution in [1.82, 2.24) is 4.98 Å². The van der Waals surface area contributed by atoms with E-state index in [2.05, 4.69) is 4.98 Å². The molecule has 0 radical (unpaired) electrons. The lowest BCUT2D eigenvalue weighted by Gasteiger charge is -2.01. The molecule has 0 aliphatic carbocycles. The van der Waals surface area contributed by atoms with Gasteiger partial charge in [0.05, 0.1) is 11.4 Å². The molecule has 0 saturated heterocycles. The number of H-pyrrole nitrogens is 1. The van der Waals surface area contributed by atoms with Crippen LogP contribution in [0.25, 0.3) is 0 Å². The highest BCUT2D eigenvalue weighted by atomic mass is 16.3. The van der Waals surface area contributed by atoms with Crippen molar-refractivity contribution in [2.75, 3.05) is 0 Å². The van der Waals surface area contributed by atoms with Crippen LogP contribution in [-0.2, 0) is 0 Å². The van der Waals surface area contributed by atoms with E-state index in [0.717, 1.165) is 0 Å². The minimum absolute atomic E-state index is 0.366. The van der Waals surface area contributed by atoms with Crippen LogP contribution in [0.2, 0.25) is 0 Å². The number of nitrogens with one attached hydrogen (secondary N) is 1. The third-order valence-corrected chi connectivity index (χ3v) is 1.52. The minimum atomic E-state index is -0.723. The molecule has 0 bridgehead atoms. The summed E-state index contributed by atoms with van der Waals surface area (Å²) in [4.78, 5) is 13.5. The first-order chi connectivity index (χ1) is 5.04. The lowest BCUT2D eigenvalue weighted by atomic mass is 10.2. The lowest BCUT2D eigenvalue weighted by molar-refractivity contribution is 0.430. The van der Waals surface area contributed by atoms with Crippen molar-refractivity contribution in [3.8, 4) is 11.5 Å². The maximum atomic E-state index is 10.9. The van der Waals surface area contributed by atoms with Gasteiger partial charge in [0.15, 0.2) is 11.5 Å². The van der Waals surface area contributed by atoms with Crippen molar-refractivity contribution < 1.29 is 10.2 Å². The Morgan fingerprint density at radius 3 is 1.82 bits per heavy atom. The highest BCUT2D eigenvalue weighted by Crippen LogP contribution is 2.14. The number of rotatable bonds is 0. The molecule has 11 heavy (non-hydrogen) atoms. The van der Waals surface area contributed by atoms with Gasteiger partial charge >= 0.3 is 0 Å². The smallest absolute Gasteiger partial charge is 0.265 e. The summed E-state index contributed by atoms with van der Waals surface area (Å²) in [6.45, 7) is 3.12. The van der Waals surface area contributed by atoms with Gasteiger partial charge in [-0.1, -0.05) is 0 Å². The van der Waals surface area contributed by atoms with Gasteiger partial charge in [0.25, 0.3) is 5.43 Å². The highest BCUT2D eigenvalue weighted by Gasteiger charge is 2.08. The van der Waals surface area contributed by atoms with Crippen LogP contribution in [0.3, 0.4) is 0 Å². The summed E-state index contributed by atoms with van der Waals surface area (Å²) in [6, 6.07) is 0. The number of hydrogen-bond donors (Lipinski definition) is 3. The molecule has 60 valence electrons. The van der Waals surface area contributed by atoms with Gasteiger partial charge in [0, 0.05) is 0 Å². The molecule has 0 aromatic carbocycles. The molecule has 0 aliphatic rings. The second-order valence-electron chi connectivity index (χ2n) is 2.40. The molecule has 4 nitrogen and oxygen atoms in total. The van der Waals surface area contributed by atoms with E-state index in [0.29, 0.717) is 11.4 Å². The van der Waals surface area contributed by atoms with Gasteiger partial charge in [0.2, 0.25) is 0 Å². The van der Waals surface area contributed by atoms with Crippen LogP contribution in [0.1, 0.15) is 11.4 Å². The summed E-state index contributed by atoms with van der Waals surface area (Å²) in [5.41, 5.74) is 0.00866. The summed E-state index contributed by atoms with van der Waals surface area (Å²) in [5, 5.41) is 18.0. The van der Waals surface area contributed by atoms with E-state index < -0.39 is 16.9 Å². The Labute approximate surface area is 63.1 Å². The van der Waals surface area contributed by atoms with E-state index in [9.17, 15) is 4.79 Å². The maximum absolute atomic E-state index is 10.9. The Bertz CT molecular complexity index is 311. The number of pyridine rings is 1. The predicted molar refractivity (Wildman–Crippen MR) is 39.9 cm³/mol. The molecule has 0 atom stereocenters. The van der Waals surface area contributed by atoms with E-state index in [4.69, 9.17) is 10.2 Å². The predicted octanol–water partition coefficient (Wildman–Crippen LogP) is 0.403. The standard InChI is InChI=1S/C7H9NO3/c1-3-5(9)7(11)6(10)4(2)8-3/h9-10H,1-2H3,(H,8,11). The van der Waals surface area contributed by atoms with Crippen molar-refractivity contribution in [3.63, 3.8) is 0 Å². The average Bonchev–Trinajstić information content (AvgIpc) is 1.97. The Hall–Kier alpha value is -1.45. The van der Waals surface area contributed by atoms with Gasteiger partial charge in [-0.2, -0.15) is 0 Å². The van der Waals surface area contributed by atoms with Gasteiger partial charge in [-0.05, 0) is 13.8 Å². The van der Waals surface area contributed by atoms with Crippen molar-refractivity contribution in [2.45, 2.75) is 13.8 Å². The van der Waals surface area contributed by atoms with Crippen molar-refractivity contribution in [2.24, 2.45) is 0 Å². The average molecular weight is 155 g/mol. The fourth-order valence-electron chi connectivity index (χ4n) is 0.852. The molecule has 0 fully saturated rings. The molecule has 3 N–H and O–H groups in total. The molecule has 0 saturated carbocycles. The van der Waals surface area contributed by atoms with Crippen LogP contribution in [0.5, 0.6) is 11.5 Å². The van der Waals surface area contributed by atoms with Gasteiger partial charge < -0.3 is 15.2 Å². The van der Waals surface area contributed by atoms with Gasteiger partial charge in [-0.3, -0.25) is 4.79 Å². The molecule has 1 aromatic heterocycles. The third-order valence-electron chi connectivity index (χ3n) is 1.52. The summed E-state index contributed by atoms with van der Waals surface area (Å²) in [6.07, 6.45) is 0. The van der Waals surface area contributed by atoms with E-state index >= 15 is 0 Å². The number of aryl methyl sites for hydroxylation is 2. The molecule has 1 rings (SSSR count). The van der Waals surface area contributed by atoms with Crippen LogP contribution in [-0.4, -0.2) is 15.2 Å². The minimum Gasteiger partial charge on any atom is -0.503 e. The normalized spacial score (nSPS) is 10.0. The van der Waals surface area contributed by atoms with Crippen LogP contribution < -0.4 is 5.43 Å². The van der Waals surface area contributed by atoms with Crippen molar-refractivity contribution in [3.05, 3.63) is 21.6 Å². The second kappa shape index (κ2) is 2.30. The topological polar surface area (TPSA) is 73.3 Å². The van der Waals surface area contributed by atoms with Crippen LogP contribution >= 0.6 is 0 Å². The summed E-state index contributed by atoms with van der Waals surface area (Å²) < 4.78 is 0. The van der Waals surface area contributed by atoms with Gasteiger partial charge in [0.1, 0.15) is 0 Å². The molecule has 0 aliphatic heterocycles. The largest absolute Gasteiger partial charge is 0.503 e. The SMILES string of the molecule is Cc1[nH]c(C)c(O)c(=O)c1O. The first kappa shape index (κ1) is 7.65. The van der Waals surface area contributed by atoms with Crippen molar-refractivity contribution in [1.29, 1.82) is 0 Å². The first-order valence-electron chi connectivity index (χ1n) is 3.15. The van der Waals surface area contributed by atoms with Gasteiger partial charge in [-0.15, -0.1) is 0 Å². The van der Waals surface area contributed by atoms with Crippen LogP contribution in [0.4, 0.5) is 0 Å². The molecule has 0 spiro atoms. The Balaban J connectivity index is 3.59. The third kappa shape index (κ3) is 1.07. The molecule has 0 amide bonds. The lowest BCUT2D eigenvalue weighted by Crippen LogP contribution is -2.05. The number of aromatic amines is 1. The number of hydrogen-bond acceptors (Lipinski definition) is 3. The number of aromatic hydroxyl groups is 2. The summed E-state index contributed by atoms with van der Waals surface area (Å²) >= 11 is 0. The zero-order valence-corrected chi connectivity index (χ0v) is 6.30. The highest BCUT2D eigenvalue weighted by molar-refractivity contribution is 5.36. The Kier molecular flexibility index (Phi) is 1.60. The van der Waals surface area contributed by atoms with Crippen LogP contribution in [0, 0.1) is 13.8 Å². The van der Waals surface area contributed by atoms with Crippen LogP contribution in [0.15, 0.2) is 4.79 Å². The monoisotopic (exact) mass is 155 g/mol. The summed E-state index contributed by atoms with van der Waals surface area (Å²) in [7, 11) is 0. The molecular weight excluding hydrogens is 146 g/mol. The maximum Gasteiger partial charge on any atom is 0.265 e. The molecule has 0 unspecified atom stereocenters. The summed E-state index contributed by atoms with van der Waals surface area (Å²) in [5.74, 6) is -0.846. The Morgan fingerprint density at radius 1 is 1.09 bits per heavy atom. The Morgan fingerprint density at radius 2 is 1.45 bits per heavy atom. The fourth-order valence-corrected chi connectivity index (χ4v) is 0.852. The van der Waals surface area contributed by atoms with E-state index in [1.54, 1.807) is 13.8 Å². The zero-order valence-electron chi connectivity index (χ0n) is 6.30. The van der Waals surface area contributed by atoms with Gasteiger partial charge in [-0.25, -0.2) is 0 Å². The fraction of sp³-hybridized carbons (Fsp3) is 0.286. The molecule has 4 heteroatoms. The van der Waals surface area contributed by atoms with E-state index in [1.807, 2.05) is 0 Å². The first-order valence-corrected chi connectivity index (χ1v) is 3.15. The molecular formula is C7H9NO3. The molecule has 1 aromatic rings.